The molecule has 4 aliphatic rings. The van der Waals surface area contributed by atoms with Gasteiger partial charge in [-0.3, -0.25) is 14.4 Å². The van der Waals surface area contributed by atoms with E-state index < -0.39 is 18.0 Å². The zero-order chi connectivity index (χ0) is 25.2. The van der Waals surface area contributed by atoms with Gasteiger partial charge in [0, 0.05) is 29.7 Å². The predicted molar refractivity (Wildman–Crippen MR) is 131 cm³/mol. The Morgan fingerprint density at radius 3 is 2.53 bits per heavy atom. The number of carbonyl (C=O) groups excluding carboxylic acids is 2. The van der Waals surface area contributed by atoms with Crippen molar-refractivity contribution in [2.24, 2.45) is 46.3 Å². The summed E-state index contributed by atoms with van der Waals surface area (Å²) in [6.45, 7) is 14.3. The molecule has 0 bridgehead atoms. The summed E-state index contributed by atoms with van der Waals surface area (Å²) in [7, 11) is 0. The van der Waals surface area contributed by atoms with Gasteiger partial charge in [0.15, 0.2) is 5.78 Å². The van der Waals surface area contributed by atoms with E-state index in [1.807, 2.05) is 6.92 Å². The minimum absolute atomic E-state index is 0.0363. The first-order chi connectivity index (χ1) is 15.8. The third-order valence-electron chi connectivity index (χ3n) is 10.7. The van der Waals surface area contributed by atoms with Crippen LogP contribution in [0.1, 0.15) is 86.0 Å². The van der Waals surface area contributed by atoms with Crippen molar-refractivity contribution in [1.82, 2.24) is 0 Å². The van der Waals surface area contributed by atoms with Crippen LogP contribution in [-0.4, -0.2) is 33.9 Å². The second-order valence-corrected chi connectivity index (χ2v) is 12.4. The van der Waals surface area contributed by atoms with Crippen molar-refractivity contribution < 1.29 is 24.6 Å². The predicted octanol–water partition coefficient (Wildman–Crippen LogP) is 5.37. The molecule has 2 fully saturated rings. The fourth-order valence-electron chi connectivity index (χ4n) is 8.50. The number of rotatable bonds is 6. The number of carbonyl (C=O) groups is 3. The molecule has 9 atom stereocenters. The number of ketones is 2. The van der Waals surface area contributed by atoms with E-state index in [1.54, 1.807) is 6.92 Å². The maximum absolute atomic E-state index is 13.8. The number of carboxylic acid groups (broad SMARTS) is 1. The molecule has 34 heavy (non-hydrogen) atoms. The largest absolute Gasteiger partial charge is 0.481 e. The van der Waals surface area contributed by atoms with Gasteiger partial charge in [-0.15, -0.1) is 0 Å². The average Bonchev–Trinajstić information content (AvgIpc) is 3.11. The number of aliphatic hydroxyl groups excluding tert-OH is 1. The van der Waals surface area contributed by atoms with Crippen LogP contribution in [0.5, 0.6) is 0 Å². The molecule has 0 amide bonds. The monoisotopic (exact) mass is 470 g/mol. The normalized spacial score (nSPS) is 41.4. The van der Waals surface area contributed by atoms with Crippen LogP contribution in [0.4, 0.5) is 0 Å². The van der Waals surface area contributed by atoms with Crippen molar-refractivity contribution >= 4 is 17.5 Å². The molecule has 5 nitrogen and oxygen atoms in total. The standard InChI is InChI=1S/C29H42O5/c1-15(17(3)27(33)34)7-8-16(2)19-9-10-20-25-23(31)13-21-18(4)22(30)11-12-28(21,5)26(25)24(32)14-29(19,20)6/h16-21,23,31H,1,7-14H2,2-6H3,(H,33,34)/t16-,17?,18+,19-,20+,21+,23?,28+,29-/m1/s1. The van der Waals surface area contributed by atoms with E-state index in [4.69, 9.17) is 0 Å². The molecule has 4 aliphatic carbocycles. The van der Waals surface area contributed by atoms with E-state index in [-0.39, 0.29) is 40.2 Å². The van der Waals surface area contributed by atoms with Crippen LogP contribution in [0.25, 0.3) is 0 Å². The first kappa shape index (κ1) is 25.3. The van der Waals surface area contributed by atoms with E-state index in [9.17, 15) is 24.6 Å². The molecular formula is C29H42O5. The van der Waals surface area contributed by atoms with Gasteiger partial charge in [-0.05, 0) is 80.1 Å². The first-order valence-electron chi connectivity index (χ1n) is 13.2. The second-order valence-electron chi connectivity index (χ2n) is 12.4. The van der Waals surface area contributed by atoms with Gasteiger partial charge in [-0.1, -0.05) is 39.8 Å². The highest BCUT2D eigenvalue weighted by molar-refractivity contribution is 6.00. The molecule has 4 rings (SSSR count). The molecule has 0 aliphatic heterocycles. The lowest BCUT2D eigenvalue weighted by atomic mass is 9.48. The van der Waals surface area contributed by atoms with E-state index in [2.05, 4.69) is 27.4 Å². The number of hydrogen-bond donors (Lipinski definition) is 2. The third-order valence-corrected chi connectivity index (χ3v) is 10.7. The van der Waals surface area contributed by atoms with Crippen molar-refractivity contribution in [2.75, 3.05) is 0 Å². The lowest BCUT2D eigenvalue weighted by molar-refractivity contribution is -0.140. The molecule has 0 aromatic rings. The van der Waals surface area contributed by atoms with Crippen LogP contribution in [0.15, 0.2) is 23.3 Å². The number of allylic oxidation sites excluding steroid dienone is 1. The topological polar surface area (TPSA) is 91.7 Å². The lowest BCUT2D eigenvalue weighted by Crippen LogP contribution is -2.54. The number of hydrogen-bond acceptors (Lipinski definition) is 4. The van der Waals surface area contributed by atoms with Gasteiger partial charge in [0.2, 0.25) is 0 Å². The van der Waals surface area contributed by atoms with Crippen LogP contribution in [0.3, 0.4) is 0 Å². The summed E-state index contributed by atoms with van der Waals surface area (Å²) in [6.07, 6.45) is 5.24. The zero-order valence-corrected chi connectivity index (χ0v) is 21.5. The van der Waals surface area contributed by atoms with Crippen LogP contribution in [0.2, 0.25) is 0 Å². The Morgan fingerprint density at radius 2 is 1.88 bits per heavy atom. The smallest absolute Gasteiger partial charge is 0.310 e. The molecule has 0 aromatic heterocycles. The van der Waals surface area contributed by atoms with Crippen LogP contribution < -0.4 is 0 Å². The van der Waals surface area contributed by atoms with Crippen LogP contribution in [-0.2, 0) is 14.4 Å². The molecule has 2 unspecified atom stereocenters. The maximum Gasteiger partial charge on any atom is 0.310 e. The summed E-state index contributed by atoms with van der Waals surface area (Å²) in [6, 6.07) is 0. The highest BCUT2D eigenvalue weighted by atomic mass is 16.4. The summed E-state index contributed by atoms with van der Waals surface area (Å²) < 4.78 is 0. The summed E-state index contributed by atoms with van der Waals surface area (Å²) in [5.41, 5.74) is 2.13. The Kier molecular flexibility index (Phi) is 6.50. The quantitative estimate of drug-likeness (QED) is 0.509. The van der Waals surface area contributed by atoms with Crippen molar-refractivity contribution in [2.45, 2.75) is 92.1 Å². The van der Waals surface area contributed by atoms with E-state index >= 15 is 0 Å². The van der Waals surface area contributed by atoms with Crippen molar-refractivity contribution in [1.29, 1.82) is 0 Å². The van der Waals surface area contributed by atoms with Crippen LogP contribution in [0, 0.1) is 46.3 Å². The summed E-state index contributed by atoms with van der Waals surface area (Å²) in [5.74, 6) is -0.0967. The minimum Gasteiger partial charge on any atom is -0.481 e. The fraction of sp³-hybridized carbons (Fsp3) is 0.759. The molecule has 0 saturated heterocycles. The third kappa shape index (κ3) is 3.73. The summed E-state index contributed by atoms with van der Waals surface area (Å²) >= 11 is 0. The van der Waals surface area contributed by atoms with Gasteiger partial charge in [0.05, 0.1) is 12.0 Å². The van der Waals surface area contributed by atoms with Gasteiger partial charge >= 0.3 is 5.97 Å². The van der Waals surface area contributed by atoms with Gasteiger partial charge in [0.25, 0.3) is 0 Å². The highest BCUT2D eigenvalue weighted by Gasteiger charge is 2.61. The number of carboxylic acids is 1. The Hall–Kier alpha value is -1.75. The first-order valence-corrected chi connectivity index (χ1v) is 13.2. The minimum atomic E-state index is -0.834. The molecule has 0 heterocycles. The number of aliphatic carboxylic acids is 1. The SMILES string of the molecule is C=C(CC[C@@H](C)[C@H]1CC[C@H]2C3=C(C(=O)C[C@]12C)[C@@]1(C)CCC(=O)[C@@H](C)[C@@H]1CC3O)C(C)C(=O)O. The second kappa shape index (κ2) is 8.72. The number of aliphatic hydroxyl groups is 1. The van der Waals surface area contributed by atoms with E-state index in [0.29, 0.717) is 43.9 Å². The molecule has 2 saturated carbocycles. The van der Waals surface area contributed by atoms with Crippen LogP contribution >= 0.6 is 0 Å². The molecule has 0 aromatic carbocycles. The molecule has 5 heteroatoms. The Balaban J connectivity index is 1.61. The Bertz CT molecular complexity index is 946. The van der Waals surface area contributed by atoms with Gasteiger partial charge in [-0.2, -0.15) is 0 Å². The van der Waals surface area contributed by atoms with Gasteiger partial charge < -0.3 is 10.2 Å². The molecule has 188 valence electrons. The maximum atomic E-state index is 13.8. The zero-order valence-electron chi connectivity index (χ0n) is 21.5. The molecule has 0 spiro atoms. The molecular weight excluding hydrogens is 428 g/mol. The molecule has 0 radical (unpaired) electrons. The summed E-state index contributed by atoms with van der Waals surface area (Å²) in [5, 5.41) is 20.6. The van der Waals surface area contributed by atoms with Gasteiger partial charge in [0.1, 0.15) is 5.78 Å². The fourth-order valence-corrected chi connectivity index (χ4v) is 8.50. The van der Waals surface area contributed by atoms with Crippen molar-refractivity contribution in [3.63, 3.8) is 0 Å². The average molecular weight is 471 g/mol. The van der Waals surface area contributed by atoms with Crippen molar-refractivity contribution in [3.8, 4) is 0 Å². The molecule has 2 N–H and O–H groups in total. The van der Waals surface area contributed by atoms with Gasteiger partial charge in [-0.25, -0.2) is 0 Å². The number of Topliss-reactive ketones (excluding diaryl/α,β-unsaturated/α-hetero) is 2. The highest BCUT2D eigenvalue weighted by Crippen LogP contribution is 2.65. The Morgan fingerprint density at radius 1 is 1.21 bits per heavy atom. The van der Waals surface area contributed by atoms with E-state index in [1.165, 1.54) is 0 Å². The van der Waals surface area contributed by atoms with E-state index in [0.717, 1.165) is 36.0 Å². The van der Waals surface area contributed by atoms with Crippen molar-refractivity contribution in [3.05, 3.63) is 23.3 Å². The summed E-state index contributed by atoms with van der Waals surface area (Å²) in [4.78, 5) is 37.6. The number of fused-ring (bicyclic) bond motifs is 4. The lowest BCUT2D eigenvalue weighted by Gasteiger charge is -2.55. The Labute approximate surface area is 204 Å².